The molecule has 2 aliphatic rings. The van der Waals surface area contributed by atoms with Crippen LogP contribution in [0.25, 0.3) is 0 Å². The first-order valence-corrected chi connectivity index (χ1v) is 11.2. The van der Waals surface area contributed by atoms with Gasteiger partial charge in [0, 0.05) is 55.4 Å². The maximum absolute atomic E-state index is 14.1. The van der Waals surface area contributed by atoms with Crippen molar-refractivity contribution in [2.75, 3.05) is 20.3 Å². The molecule has 0 saturated carbocycles. The molecule has 0 amide bonds. The lowest BCUT2D eigenvalue weighted by Crippen LogP contribution is -2.47. The Bertz CT molecular complexity index is 783. The molecule has 1 aromatic rings. The highest BCUT2D eigenvalue weighted by molar-refractivity contribution is 5.35. The first-order valence-electron chi connectivity index (χ1n) is 11.2. The molecule has 1 saturated heterocycles. The third-order valence-electron chi connectivity index (χ3n) is 6.42. The zero-order valence-electron chi connectivity index (χ0n) is 18.9. The van der Waals surface area contributed by atoms with Gasteiger partial charge in [-0.25, -0.2) is 4.39 Å². The van der Waals surface area contributed by atoms with Crippen molar-refractivity contribution in [1.29, 1.82) is 0 Å². The van der Waals surface area contributed by atoms with Crippen molar-refractivity contribution in [2.45, 2.75) is 69.9 Å². The number of rotatable bonds is 10. The molecule has 2 heterocycles. The van der Waals surface area contributed by atoms with Crippen molar-refractivity contribution in [3.63, 3.8) is 0 Å². The summed E-state index contributed by atoms with van der Waals surface area (Å²) in [4.78, 5) is 12.7. The zero-order chi connectivity index (χ0) is 23.3. The minimum absolute atomic E-state index is 0.0270. The Morgan fingerprint density at radius 3 is 2.69 bits per heavy atom. The summed E-state index contributed by atoms with van der Waals surface area (Å²) in [5.41, 5.74) is 8.04. The van der Waals surface area contributed by atoms with Crippen molar-refractivity contribution < 1.29 is 19.2 Å². The number of nitro groups is 1. The van der Waals surface area contributed by atoms with E-state index in [2.05, 4.69) is 15.9 Å². The lowest BCUT2D eigenvalue weighted by atomic mass is 9.89. The number of nitrogens with one attached hydrogen (secondary N) is 2. The fourth-order valence-electron chi connectivity index (χ4n) is 4.55. The molecular formula is C22H34FN5O4. The molecule has 5 unspecified atom stereocenters. The largest absolute Gasteiger partial charge is 0.368 e. The molecule has 0 aromatic heterocycles. The van der Waals surface area contributed by atoms with E-state index in [9.17, 15) is 19.6 Å². The summed E-state index contributed by atoms with van der Waals surface area (Å²) in [6.07, 6.45) is 4.12. The molecule has 9 nitrogen and oxygen atoms in total. The molecule has 1 aromatic carbocycles. The molecule has 0 aliphatic carbocycles. The van der Waals surface area contributed by atoms with Gasteiger partial charge in [-0.15, -0.1) is 5.53 Å². The lowest BCUT2D eigenvalue weighted by molar-refractivity contribution is -0.384. The summed E-state index contributed by atoms with van der Waals surface area (Å²) in [6, 6.07) is 6.16. The van der Waals surface area contributed by atoms with E-state index in [0.29, 0.717) is 12.8 Å². The Labute approximate surface area is 188 Å². The Morgan fingerprint density at radius 2 is 2.09 bits per heavy atom. The summed E-state index contributed by atoms with van der Waals surface area (Å²) in [5.74, 6) is -0.126. The Morgan fingerprint density at radius 1 is 1.38 bits per heavy atom. The van der Waals surface area contributed by atoms with Gasteiger partial charge in [-0.2, -0.15) is 0 Å². The number of alkyl halides is 1. The molecule has 2 aliphatic heterocycles. The van der Waals surface area contributed by atoms with Crippen LogP contribution in [-0.2, 0) is 4.74 Å². The van der Waals surface area contributed by atoms with Crippen molar-refractivity contribution in [3.05, 3.63) is 51.8 Å². The Balaban J connectivity index is 1.60. The van der Waals surface area contributed by atoms with Gasteiger partial charge >= 0.3 is 0 Å². The number of ether oxygens (including phenoxy) is 1. The maximum atomic E-state index is 14.1. The summed E-state index contributed by atoms with van der Waals surface area (Å²) in [6.45, 7) is 4.18. The number of aliphatic hydroxyl groups is 1. The van der Waals surface area contributed by atoms with Crippen LogP contribution in [0.15, 0.2) is 36.2 Å². The number of halogens is 1. The van der Waals surface area contributed by atoms with Gasteiger partial charge in [-0.1, -0.05) is 19.1 Å². The fourth-order valence-corrected chi connectivity index (χ4v) is 4.55. The summed E-state index contributed by atoms with van der Waals surface area (Å²) in [5, 5.41) is 22.5. The molecule has 0 spiro atoms. The molecule has 3 rings (SSSR count). The topological polar surface area (TPSA) is 103 Å². The van der Waals surface area contributed by atoms with E-state index < -0.39 is 23.9 Å². The van der Waals surface area contributed by atoms with Crippen molar-refractivity contribution >= 4 is 5.69 Å². The molecule has 0 bridgehead atoms. The zero-order valence-corrected chi connectivity index (χ0v) is 18.9. The van der Waals surface area contributed by atoms with Gasteiger partial charge in [0.05, 0.1) is 17.1 Å². The molecular weight excluding hydrogens is 417 g/mol. The standard InChI is InChI=1S/C22H34FN5O4/c1-4-20(16-5-7-18(8-6-16)28(30)31)21(13-23)27-14-17(24-25-27)9-10-26(3)19-11-15(2)32-22(29)12-19/h5-8,14-15,19-22,24-25,29H,4,9-13H2,1-3H3. The molecule has 178 valence electrons. The number of benzene rings is 1. The number of nitrogens with zero attached hydrogens (tertiary/aromatic N) is 3. The number of hydrogen-bond donors (Lipinski definition) is 3. The fraction of sp³-hybridized carbons (Fsp3) is 0.636. The van der Waals surface area contributed by atoms with Crippen LogP contribution in [0.2, 0.25) is 0 Å². The second-order valence-electron chi connectivity index (χ2n) is 8.64. The Kier molecular flexibility index (Phi) is 8.41. The van der Waals surface area contributed by atoms with Gasteiger partial charge in [0.1, 0.15) is 6.67 Å². The molecule has 1 fully saturated rings. The molecule has 10 heteroatoms. The second-order valence-corrected chi connectivity index (χ2v) is 8.64. The number of aliphatic hydroxyl groups excluding tert-OH is 1. The average Bonchev–Trinajstić information content (AvgIpc) is 3.23. The molecule has 5 atom stereocenters. The maximum Gasteiger partial charge on any atom is 0.269 e. The molecule has 3 N–H and O–H groups in total. The Hall–Kier alpha value is -2.27. The van der Waals surface area contributed by atoms with Gasteiger partial charge in [0.15, 0.2) is 6.29 Å². The molecule has 32 heavy (non-hydrogen) atoms. The van der Waals surface area contributed by atoms with Gasteiger partial charge in [-0.05, 0) is 32.4 Å². The van der Waals surface area contributed by atoms with E-state index in [1.165, 1.54) is 12.1 Å². The SMILES string of the molecule is CCC(c1ccc([N+](=O)[O-])cc1)C(CF)N1C=C(CCN(C)C2CC(C)OC(O)C2)NN1. The van der Waals surface area contributed by atoms with Crippen LogP contribution in [0.4, 0.5) is 10.1 Å². The highest BCUT2D eigenvalue weighted by Gasteiger charge is 2.31. The number of nitro benzene ring substituents is 1. The van der Waals surface area contributed by atoms with E-state index in [4.69, 9.17) is 4.74 Å². The monoisotopic (exact) mass is 451 g/mol. The van der Waals surface area contributed by atoms with E-state index in [-0.39, 0.29) is 23.8 Å². The van der Waals surface area contributed by atoms with Crippen LogP contribution in [0.3, 0.4) is 0 Å². The van der Waals surface area contributed by atoms with E-state index >= 15 is 0 Å². The van der Waals surface area contributed by atoms with E-state index in [1.807, 2.05) is 27.1 Å². The van der Waals surface area contributed by atoms with Gasteiger partial charge in [0.25, 0.3) is 5.69 Å². The van der Waals surface area contributed by atoms with Crippen LogP contribution in [-0.4, -0.2) is 64.7 Å². The second kappa shape index (κ2) is 11.0. The minimum atomic E-state index is -0.720. The predicted molar refractivity (Wildman–Crippen MR) is 119 cm³/mol. The van der Waals surface area contributed by atoms with Crippen LogP contribution >= 0.6 is 0 Å². The van der Waals surface area contributed by atoms with Crippen LogP contribution < -0.4 is 11.0 Å². The highest BCUT2D eigenvalue weighted by Crippen LogP contribution is 2.30. The smallest absolute Gasteiger partial charge is 0.269 e. The third-order valence-corrected chi connectivity index (χ3v) is 6.42. The van der Waals surface area contributed by atoms with E-state index in [1.54, 1.807) is 17.1 Å². The van der Waals surface area contributed by atoms with Gasteiger partial charge < -0.3 is 20.2 Å². The van der Waals surface area contributed by atoms with Crippen molar-refractivity contribution in [2.24, 2.45) is 0 Å². The third kappa shape index (κ3) is 5.94. The van der Waals surface area contributed by atoms with Crippen LogP contribution in [0, 0.1) is 10.1 Å². The lowest BCUT2D eigenvalue weighted by Gasteiger charge is -2.36. The number of non-ortho nitro benzene ring substituents is 1. The quantitative estimate of drug-likeness (QED) is 0.369. The first-order chi connectivity index (χ1) is 15.3. The minimum Gasteiger partial charge on any atom is -0.368 e. The van der Waals surface area contributed by atoms with Gasteiger partial charge in [0.2, 0.25) is 0 Å². The first kappa shape index (κ1) is 24.4. The summed E-state index contributed by atoms with van der Waals surface area (Å²) < 4.78 is 19.5. The number of hydrazine groups is 2. The average molecular weight is 452 g/mol. The highest BCUT2D eigenvalue weighted by atomic mass is 19.1. The van der Waals surface area contributed by atoms with Crippen LogP contribution in [0.5, 0.6) is 0 Å². The molecule has 0 radical (unpaired) electrons. The summed E-state index contributed by atoms with van der Waals surface area (Å²) in [7, 11) is 2.04. The number of hydrogen-bond acceptors (Lipinski definition) is 8. The summed E-state index contributed by atoms with van der Waals surface area (Å²) >= 11 is 0. The van der Waals surface area contributed by atoms with Crippen molar-refractivity contribution in [1.82, 2.24) is 20.9 Å². The van der Waals surface area contributed by atoms with Crippen LogP contribution in [0.1, 0.15) is 51.0 Å². The predicted octanol–water partition coefficient (Wildman–Crippen LogP) is 2.80. The van der Waals surface area contributed by atoms with Gasteiger partial charge in [-0.3, -0.25) is 15.1 Å². The van der Waals surface area contributed by atoms with Crippen molar-refractivity contribution in [3.8, 4) is 0 Å². The van der Waals surface area contributed by atoms with E-state index in [0.717, 1.165) is 30.6 Å². The normalized spacial score (nSPS) is 25.4.